The summed E-state index contributed by atoms with van der Waals surface area (Å²) in [6, 6.07) is 40.9. The molecule has 0 aliphatic heterocycles. The Morgan fingerprint density at radius 3 is 1.86 bits per heavy atom. The number of phenols is 1. The summed E-state index contributed by atoms with van der Waals surface area (Å²) in [4.78, 5) is 10.4. The molecule has 0 aliphatic carbocycles. The first-order chi connectivity index (χ1) is 33.1. The van der Waals surface area contributed by atoms with Crippen molar-refractivity contribution in [3.63, 3.8) is 0 Å². The number of imidazole rings is 1. The van der Waals surface area contributed by atoms with E-state index in [0.717, 1.165) is 78.0 Å². The van der Waals surface area contributed by atoms with Crippen LogP contribution in [0.5, 0.6) is 5.75 Å². The van der Waals surface area contributed by atoms with E-state index in [1.54, 1.807) is 6.07 Å². The van der Waals surface area contributed by atoms with Crippen molar-refractivity contribution in [1.29, 1.82) is 0 Å². The SMILES string of the molecule is [2H]C([2H])([2H])c1cc(-c2cc(C(C)C)cc(C([2H])(C)C)c2)ccc1-n1c(-c2cc(C(C)C)cc(C(C)C)c2O)nc2c(-c3cc(-c4cc(-c5ccc(C([2H])(C)C)cc5)ccn4)cc(C(C)(C)C)c3)cccc21. The smallest absolute Gasteiger partial charge is 0.149 e. The predicted molar refractivity (Wildman–Crippen MR) is 282 cm³/mol. The summed E-state index contributed by atoms with van der Waals surface area (Å²) in [6.45, 7) is 24.2. The molecule has 0 aliphatic rings. The first-order valence-electron chi connectivity index (χ1n) is 26.0. The second kappa shape index (κ2) is 18.2. The van der Waals surface area contributed by atoms with Crippen molar-refractivity contribution in [3.05, 3.63) is 166 Å². The number of fused-ring (bicyclic) bond motifs is 1. The molecule has 0 amide bonds. The number of pyridine rings is 1. The molecular formula is C62H69N3O. The van der Waals surface area contributed by atoms with Crippen LogP contribution in [0.3, 0.4) is 0 Å². The maximum absolute atomic E-state index is 12.3. The molecule has 8 aromatic rings. The fraction of sp³-hybridized carbons (Fsp3) is 0.323. The van der Waals surface area contributed by atoms with E-state index in [2.05, 4.69) is 123 Å². The van der Waals surface area contributed by atoms with Gasteiger partial charge in [0.15, 0.2) is 0 Å². The van der Waals surface area contributed by atoms with Crippen molar-refractivity contribution >= 4 is 11.0 Å². The van der Waals surface area contributed by atoms with E-state index in [9.17, 15) is 5.11 Å². The van der Waals surface area contributed by atoms with Gasteiger partial charge in [-0.15, -0.1) is 0 Å². The molecule has 0 bridgehead atoms. The Hall–Kier alpha value is -6.26. The third-order valence-corrected chi connectivity index (χ3v) is 13.1. The quantitative estimate of drug-likeness (QED) is 0.141. The van der Waals surface area contributed by atoms with Crippen LogP contribution in [-0.2, 0) is 5.41 Å². The summed E-state index contributed by atoms with van der Waals surface area (Å²) in [6.07, 6.45) is 1.85. The molecule has 1 N–H and O–H groups in total. The number of para-hydroxylation sites is 1. The first-order valence-corrected chi connectivity index (χ1v) is 23.5. The Bertz CT molecular complexity index is 3280. The highest BCUT2D eigenvalue weighted by Crippen LogP contribution is 2.44. The van der Waals surface area contributed by atoms with Gasteiger partial charge in [-0.25, -0.2) is 4.98 Å². The Morgan fingerprint density at radius 2 is 1.21 bits per heavy atom. The summed E-state index contributed by atoms with van der Waals surface area (Å²) in [5, 5.41) is 12.3. The van der Waals surface area contributed by atoms with Crippen LogP contribution in [0, 0.1) is 6.85 Å². The van der Waals surface area contributed by atoms with Crippen molar-refractivity contribution in [3.8, 4) is 67.5 Å². The molecule has 0 radical (unpaired) electrons. The number of benzene rings is 6. The van der Waals surface area contributed by atoms with Crippen molar-refractivity contribution in [1.82, 2.24) is 14.5 Å². The predicted octanol–water partition coefficient (Wildman–Crippen LogP) is 17.7. The van der Waals surface area contributed by atoms with Crippen molar-refractivity contribution in [2.24, 2.45) is 0 Å². The van der Waals surface area contributed by atoms with Gasteiger partial charge >= 0.3 is 0 Å². The number of hydrogen-bond donors (Lipinski definition) is 1. The van der Waals surface area contributed by atoms with E-state index in [1.807, 2.05) is 93.1 Å². The van der Waals surface area contributed by atoms with E-state index in [-0.39, 0.29) is 34.5 Å². The molecule has 66 heavy (non-hydrogen) atoms. The summed E-state index contributed by atoms with van der Waals surface area (Å²) in [5.74, 6) is -0.673. The van der Waals surface area contributed by atoms with E-state index >= 15 is 0 Å². The minimum Gasteiger partial charge on any atom is -0.507 e. The third kappa shape index (κ3) is 9.12. The van der Waals surface area contributed by atoms with E-state index in [0.29, 0.717) is 28.1 Å². The number of aryl methyl sites for hydroxylation is 1. The van der Waals surface area contributed by atoms with Crippen molar-refractivity contribution in [2.45, 2.75) is 132 Å². The standard InChI is InChI=1S/C62H69N3O/c1-36(2)42-18-20-43(21-19-42)45-24-25-63-56(35-45)51-30-50(31-52(32-51)62(12,13)14)53-16-15-17-58-59(53)64-61(55-34-48(39(7)8)33-54(40(9)10)60(55)66)65(58)57-23-22-44(26-41(57)11)49-28-46(37(3)4)27-47(29-49)38(5)6/h15-40,66H,1-14H3/i11D3,36D,37D. The topological polar surface area (TPSA) is 50.9 Å². The van der Waals surface area contributed by atoms with Crippen LogP contribution < -0.4 is 0 Å². The second-order valence-corrected chi connectivity index (χ2v) is 20.5. The minimum absolute atomic E-state index is 0.00123. The molecule has 338 valence electrons. The van der Waals surface area contributed by atoms with Gasteiger partial charge in [0.05, 0.1) is 28.0 Å². The lowest BCUT2D eigenvalue weighted by Gasteiger charge is -2.22. The number of hydrogen-bond acceptors (Lipinski definition) is 3. The number of aromatic hydroxyl groups is 1. The van der Waals surface area contributed by atoms with Gasteiger partial charge in [-0.2, -0.15) is 0 Å². The van der Waals surface area contributed by atoms with E-state index in [4.69, 9.17) is 16.8 Å². The molecule has 0 unspecified atom stereocenters. The van der Waals surface area contributed by atoms with Crippen LogP contribution in [0.2, 0.25) is 0 Å². The van der Waals surface area contributed by atoms with Gasteiger partial charge in [-0.1, -0.05) is 163 Å². The molecule has 8 rings (SSSR count). The fourth-order valence-corrected chi connectivity index (χ4v) is 8.86. The summed E-state index contributed by atoms with van der Waals surface area (Å²) in [5.41, 5.74) is 15.2. The van der Waals surface area contributed by atoms with Crippen LogP contribution >= 0.6 is 0 Å². The van der Waals surface area contributed by atoms with Gasteiger partial charge in [-0.05, 0) is 157 Å². The van der Waals surface area contributed by atoms with Gasteiger partial charge in [0.2, 0.25) is 0 Å². The molecule has 4 heteroatoms. The molecule has 6 aromatic carbocycles. The highest BCUT2D eigenvalue weighted by atomic mass is 16.3. The van der Waals surface area contributed by atoms with E-state index in [1.165, 1.54) is 0 Å². The minimum atomic E-state index is -2.55. The van der Waals surface area contributed by atoms with Gasteiger partial charge in [0.25, 0.3) is 0 Å². The number of phenolic OH excluding ortho intramolecular Hbond substituents is 1. The largest absolute Gasteiger partial charge is 0.507 e. The highest BCUT2D eigenvalue weighted by Gasteiger charge is 2.25. The summed E-state index contributed by atoms with van der Waals surface area (Å²) < 4.78 is 46.7. The molecule has 2 aromatic heterocycles. The molecule has 0 saturated carbocycles. The first kappa shape index (κ1) is 40.1. The molecule has 0 fully saturated rings. The summed E-state index contributed by atoms with van der Waals surface area (Å²) >= 11 is 0. The Labute approximate surface area is 401 Å². The lowest BCUT2D eigenvalue weighted by Crippen LogP contribution is -2.11. The van der Waals surface area contributed by atoms with Crippen LogP contribution in [0.15, 0.2) is 128 Å². The van der Waals surface area contributed by atoms with Crippen LogP contribution in [0.4, 0.5) is 0 Å². The number of nitrogens with zero attached hydrogens (tertiary/aromatic N) is 3. The average Bonchev–Trinajstić information content (AvgIpc) is 3.69. The van der Waals surface area contributed by atoms with Crippen LogP contribution in [0.25, 0.3) is 72.7 Å². The van der Waals surface area contributed by atoms with Gasteiger partial charge in [0.1, 0.15) is 11.6 Å². The highest BCUT2D eigenvalue weighted by molar-refractivity contribution is 5.97. The van der Waals surface area contributed by atoms with Crippen molar-refractivity contribution < 1.29 is 12.0 Å². The third-order valence-electron chi connectivity index (χ3n) is 13.1. The Morgan fingerprint density at radius 1 is 0.561 bits per heavy atom. The lowest BCUT2D eigenvalue weighted by atomic mass is 9.83. The second-order valence-electron chi connectivity index (χ2n) is 20.5. The van der Waals surface area contributed by atoms with Gasteiger partial charge in [0, 0.05) is 24.2 Å². The zero-order valence-electron chi connectivity index (χ0n) is 46.1. The maximum atomic E-state index is 12.3. The zero-order chi connectivity index (χ0) is 51.7. The average molecular weight is 877 g/mol. The summed E-state index contributed by atoms with van der Waals surface area (Å²) in [7, 11) is 0. The maximum Gasteiger partial charge on any atom is 0.149 e. The molecule has 0 spiro atoms. The molecule has 4 nitrogen and oxygen atoms in total. The van der Waals surface area contributed by atoms with Gasteiger partial charge < -0.3 is 5.11 Å². The molecular weight excluding hydrogens is 803 g/mol. The normalized spacial score (nSPS) is 13.8. The van der Waals surface area contributed by atoms with Crippen LogP contribution in [0.1, 0.15) is 165 Å². The number of rotatable bonds is 11. The number of aromatic nitrogens is 3. The van der Waals surface area contributed by atoms with Gasteiger partial charge in [-0.3, -0.25) is 9.55 Å². The molecule has 0 atom stereocenters. The fourth-order valence-electron chi connectivity index (χ4n) is 8.86. The Kier molecular flexibility index (Phi) is 11.0. The monoisotopic (exact) mass is 877 g/mol. The zero-order valence-corrected chi connectivity index (χ0v) is 41.1. The lowest BCUT2D eigenvalue weighted by molar-refractivity contribution is 0.466. The van der Waals surface area contributed by atoms with Crippen molar-refractivity contribution in [2.75, 3.05) is 0 Å². The molecule has 2 heterocycles. The van der Waals surface area contributed by atoms with E-state index < -0.39 is 18.6 Å². The van der Waals surface area contributed by atoms with Crippen LogP contribution in [-0.4, -0.2) is 19.6 Å². The Balaban J connectivity index is 1.40. The molecule has 0 saturated heterocycles.